The standard InChI is InChI=1S/C22H19N3O4S/c1-27-16-7-4-14(5-8-16)6-11-20-23-22-25(24-20)21(26)19(30-22)13-15-12-17(28-2)9-10-18(15)29-3/h4-13H,1-3H3/b11-6+,19-13-. The van der Waals surface area contributed by atoms with Crippen molar-refractivity contribution in [3.63, 3.8) is 0 Å². The molecule has 0 amide bonds. The Labute approximate surface area is 176 Å². The molecule has 4 aromatic rings. The number of nitrogens with zero attached hydrogens (tertiary/aromatic N) is 3. The van der Waals surface area contributed by atoms with Crippen LogP contribution in [0, 0.1) is 0 Å². The minimum Gasteiger partial charge on any atom is -0.497 e. The quantitative estimate of drug-likeness (QED) is 0.477. The van der Waals surface area contributed by atoms with Crippen molar-refractivity contribution in [1.29, 1.82) is 0 Å². The van der Waals surface area contributed by atoms with Crippen LogP contribution in [0.1, 0.15) is 17.0 Å². The monoisotopic (exact) mass is 421 g/mol. The molecule has 4 rings (SSSR count). The SMILES string of the molecule is COc1ccc(/C=C/c2nc3s/c(=C\c4cc(OC)ccc4OC)c(=O)n3n2)cc1. The molecule has 0 unspecified atom stereocenters. The highest BCUT2D eigenvalue weighted by Gasteiger charge is 2.10. The molecule has 0 aliphatic carbocycles. The second kappa shape index (κ2) is 8.38. The molecule has 7 nitrogen and oxygen atoms in total. The van der Waals surface area contributed by atoms with Gasteiger partial charge in [0.15, 0.2) is 5.82 Å². The van der Waals surface area contributed by atoms with Gasteiger partial charge in [0, 0.05) is 5.56 Å². The van der Waals surface area contributed by atoms with E-state index in [-0.39, 0.29) is 5.56 Å². The third-order valence-corrected chi connectivity index (χ3v) is 5.42. The molecule has 2 aromatic heterocycles. The molecule has 152 valence electrons. The van der Waals surface area contributed by atoms with Crippen LogP contribution in [0.2, 0.25) is 0 Å². The Morgan fingerprint density at radius 1 is 0.933 bits per heavy atom. The first-order chi connectivity index (χ1) is 14.6. The van der Waals surface area contributed by atoms with Crippen molar-refractivity contribution >= 4 is 34.5 Å². The topological polar surface area (TPSA) is 75.0 Å². The number of ether oxygens (including phenoxy) is 3. The maximum atomic E-state index is 12.8. The van der Waals surface area contributed by atoms with Gasteiger partial charge in [-0.15, -0.1) is 5.10 Å². The summed E-state index contributed by atoms with van der Waals surface area (Å²) >= 11 is 1.27. The molecule has 0 atom stereocenters. The fraction of sp³-hybridized carbons (Fsp3) is 0.136. The summed E-state index contributed by atoms with van der Waals surface area (Å²) in [5, 5.41) is 4.32. The number of hydrogen-bond acceptors (Lipinski definition) is 7. The minimum atomic E-state index is -0.225. The molecule has 30 heavy (non-hydrogen) atoms. The van der Waals surface area contributed by atoms with E-state index in [1.54, 1.807) is 45.6 Å². The van der Waals surface area contributed by atoms with E-state index < -0.39 is 0 Å². The maximum Gasteiger partial charge on any atom is 0.291 e. The molecule has 2 aromatic carbocycles. The summed E-state index contributed by atoms with van der Waals surface area (Å²) in [7, 11) is 4.80. The molecule has 2 heterocycles. The van der Waals surface area contributed by atoms with Crippen LogP contribution in [-0.2, 0) is 0 Å². The van der Waals surface area contributed by atoms with E-state index in [1.165, 1.54) is 15.9 Å². The van der Waals surface area contributed by atoms with Crippen LogP contribution in [0.4, 0.5) is 0 Å². The zero-order chi connectivity index (χ0) is 21.1. The lowest BCUT2D eigenvalue weighted by Crippen LogP contribution is -2.23. The Kier molecular flexibility index (Phi) is 5.49. The molecule has 0 saturated heterocycles. The lowest BCUT2D eigenvalue weighted by atomic mass is 10.2. The van der Waals surface area contributed by atoms with Gasteiger partial charge in [0.05, 0.1) is 25.9 Å². The van der Waals surface area contributed by atoms with Gasteiger partial charge in [0.1, 0.15) is 17.2 Å². The Morgan fingerprint density at radius 2 is 1.67 bits per heavy atom. The van der Waals surface area contributed by atoms with Gasteiger partial charge in [-0.05, 0) is 48.0 Å². The minimum absolute atomic E-state index is 0.225. The fourth-order valence-corrected chi connectivity index (χ4v) is 3.80. The van der Waals surface area contributed by atoms with E-state index in [4.69, 9.17) is 14.2 Å². The van der Waals surface area contributed by atoms with E-state index >= 15 is 0 Å². The summed E-state index contributed by atoms with van der Waals surface area (Å²) in [5.41, 5.74) is 1.50. The maximum absolute atomic E-state index is 12.8. The van der Waals surface area contributed by atoms with Crippen LogP contribution in [0.5, 0.6) is 17.2 Å². The number of fused-ring (bicyclic) bond motifs is 1. The normalized spacial score (nSPS) is 12.0. The average Bonchev–Trinajstić information content (AvgIpc) is 3.31. The molecule has 0 bridgehead atoms. The average molecular weight is 421 g/mol. The van der Waals surface area contributed by atoms with Crippen LogP contribution in [0.15, 0.2) is 47.3 Å². The van der Waals surface area contributed by atoms with E-state index in [9.17, 15) is 4.79 Å². The molecule has 0 spiro atoms. The van der Waals surface area contributed by atoms with Crippen molar-refractivity contribution in [1.82, 2.24) is 14.6 Å². The lowest BCUT2D eigenvalue weighted by molar-refractivity contribution is 0.402. The smallest absolute Gasteiger partial charge is 0.291 e. The summed E-state index contributed by atoms with van der Waals surface area (Å²) in [4.78, 5) is 17.7. The molecular formula is C22H19N3O4S. The summed E-state index contributed by atoms with van der Waals surface area (Å²) in [6.07, 6.45) is 5.42. The van der Waals surface area contributed by atoms with E-state index in [1.807, 2.05) is 36.4 Å². The number of rotatable bonds is 6. The van der Waals surface area contributed by atoms with Crippen molar-refractivity contribution in [3.05, 3.63) is 74.3 Å². The zero-order valence-electron chi connectivity index (χ0n) is 16.7. The Balaban J connectivity index is 1.66. The van der Waals surface area contributed by atoms with Gasteiger partial charge in [-0.1, -0.05) is 29.5 Å². The van der Waals surface area contributed by atoms with E-state index in [0.717, 1.165) is 16.9 Å². The summed E-state index contributed by atoms with van der Waals surface area (Å²) in [6.45, 7) is 0. The zero-order valence-corrected chi connectivity index (χ0v) is 17.5. The first-order valence-corrected chi connectivity index (χ1v) is 9.88. The Hall–Kier alpha value is -3.65. The molecule has 8 heteroatoms. The van der Waals surface area contributed by atoms with Crippen molar-refractivity contribution in [2.24, 2.45) is 0 Å². The Morgan fingerprint density at radius 3 is 2.33 bits per heavy atom. The fourth-order valence-electron chi connectivity index (χ4n) is 2.90. The largest absolute Gasteiger partial charge is 0.497 e. The first-order valence-electron chi connectivity index (χ1n) is 9.06. The van der Waals surface area contributed by atoms with Gasteiger partial charge < -0.3 is 14.2 Å². The summed E-state index contributed by atoms with van der Waals surface area (Å²) in [6, 6.07) is 13.0. The predicted molar refractivity (Wildman–Crippen MR) is 117 cm³/mol. The van der Waals surface area contributed by atoms with Gasteiger partial charge >= 0.3 is 0 Å². The van der Waals surface area contributed by atoms with Crippen LogP contribution in [0.25, 0.3) is 23.2 Å². The predicted octanol–water partition coefficient (Wildman–Crippen LogP) is 2.89. The second-order valence-corrected chi connectivity index (χ2v) is 7.30. The van der Waals surface area contributed by atoms with Gasteiger partial charge in [0.25, 0.3) is 5.56 Å². The highest BCUT2D eigenvalue weighted by molar-refractivity contribution is 7.15. The number of benzene rings is 2. The van der Waals surface area contributed by atoms with Crippen LogP contribution in [0.3, 0.4) is 0 Å². The van der Waals surface area contributed by atoms with Crippen LogP contribution < -0.4 is 24.3 Å². The molecule has 0 saturated carbocycles. The van der Waals surface area contributed by atoms with Crippen LogP contribution >= 0.6 is 11.3 Å². The third-order valence-electron chi connectivity index (χ3n) is 4.46. The first kappa shape index (κ1) is 19.7. The highest BCUT2D eigenvalue weighted by Crippen LogP contribution is 2.24. The second-order valence-electron chi connectivity index (χ2n) is 6.29. The molecule has 0 fully saturated rings. The molecular weight excluding hydrogens is 402 g/mol. The summed E-state index contributed by atoms with van der Waals surface area (Å²) in [5.74, 6) is 2.59. The molecule has 0 aliphatic rings. The van der Waals surface area contributed by atoms with Crippen LogP contribution in [-0.4, -0.2) is 35.9 Å². The van der Waals surface area contributed by atoms with Gasteiger partial charge in [-0.3, -0.25) is 4.79 Å². The van der Waals surface area contributed by atoms with Crippen molar-refractivity contribution in [2.45, 2.75) is 0 Å². The van der Waals surface area contributed by atoms with Gasteiger partial charge in [-0.2, -0.15) is 9.50 Å². The van der Waals surface area contributed by atoms with E-state index in [2.05, 4.69) is 10.1 Å². The Bertz CT molecular complexity index is 1320. The van der Waals surface area contributed by atoms with Crippen molar-refractivity contribution < 1.29 is 14.2 Å². The highest BCUT2D eigenvalue weighted by atomic mass is 32.1. The molecule has 0 aliphatic heterocycles. The third kappa shape index (κ3) is 3.90. The summed E-state index contributed by atoms with van der Waals surface area (Å²) < 4.78 is 17.6. The number of aromatic nitrogens is 3. The van der Waals surface area contributed by atoms with Gasteiger partial charge in [0.2, 0.25) is 4.96 Å². The molecule has 0 N–H and O–H groups in total. The lowest BCUT2D eigenvalue weighted by Gasteiger charge is -2.06. The number of methoxy groups -OCH3 is 3. The number of thiazole rings is 1. The molecule has 0 radical (unpaired) electrons. The van der Waals surface area contributed by atoms with E-state index in [0.29, 0.717) is 26.8 Å². The number of hydrogen-bond donors (Lipinski definition) is 0. The van der Waals surface area contributed by atoms with Crippen molar-refractivity contribution in [3.8, 4) is 17.2 Å². The van der Waals surface area contributed by atoms with Crippen molar-refractivity contribution in [2.75, 3.05) is 21.3 Å². The van der Waals surface area contributed by atoms with Gasteiger partial charge in [-0.25, -0.2) is 0 Å².